The molecule has 2 heterocycles. The number of carbonyl (C=O) groups is 6. The third kappa shape index (κ3) is 18.2. The summed E-state index contributed by atoms with van der Waals surface area (Å²) >= 11 is 41.4. The Bertz CT molecular complexity index is 2770. The van der Waals surface area contributed by atoms with E-state index in [2.05, 4.69) is 0 Å². The first kappa shape index (κ1) is 68.5. The van der Waals surface area contributed by atoms with Gasteiger partial charge in [-0.05, 0) is 149 Å². The summed E-state index contributed by atoms with van der Waals surface area (Å²) in [5.74, 6) is -2.29. The van der Waals surface area contributed by atoms with Crippen molar-refractivity contribution in [3.8, 4) is 0 Å². The first-order chi connectivity index (χ1) is 36.6. The van der Waals surface area contributed by atoms with Gasteiger partial charge in [-0.2, -0.15) is 0 Å². The zero-order valence-electron chi connectivity index (χ0n) is 46.2. The fourth-order valence-electron chi connectivity index (χ4n) is 9.62. The van der Waals surface area contributed by atoms with Crippen molar-refractivity contribution in [3.05, 3.63) is 113 Å². The minimum Gasteiger partial charge on any atom is -0.872 e. The van der Waals surface area contributed by atoms with Crippen LogP contribution in [0.4, 0.5) is 0 Å². The predicted molar refractivity (Wildman–Crippen MR) is 304 cm³/mol. The van der Waals surface area contributed by atoms with E-state index in [1.165, 1.54) is 6.07 Å². The molecular formula is C59H68Cl7NaO12. The van der Waals surface area contributed by atoms with E-state index in [4.69, 9.17) is 105 Å². The Morgan fingerprint density at radius 1 is 0.608 bits per heavy atom. The molecule has 3 fully saturated rings. The fourth-order valence-corrected chi connectivity index (χ4v) is 11.2. The van der Waals surface area contributed by atoms with Crippen LogP contribution in [0.25, 0.3) is 11.1 Å². The molecule has 0 saturated heterocycles. The number of esters is 5. The Kier molecular flexibility index (Phi) is 26.0. The van der Waals surface area contributed by atoms with Gasteiger partial charge in [-0.15, -0.1) is 0 Å². The molecule has 0 radical (unpaired) electrons. The second-order valence-electron chi connectivity index (χ2n) is 21.9. The third-order valence-corrected chi connectivity index (χ3v) is 16.5. The Hall–Kier alpha value is -3.01. The standard InChI is InChI=1S/C21H24Cl2O4.C17H20Cl2O4.C15H14Cl2O3.C6H11ClO.Na/c1-20(2,3)12-16(24)26-18-17(14-8-7-13(22)11-15(14)23)19(25)27-21(18)9-5-4-6-10-21;1-2-22-16(21)17(8-4-3-5-9-17)23-15(20)10-12-6-7-13(18)11-14(12)19;16-9-4-5-10(11(17)8-9)12-13(18)15(20-14(12)19)6-2-1-3-7-15;1-4-6(2,3)5(7)8;/h7-8,11H,4-6,9-10,12H2,1-3H3;6-7,11H,2-5,8-10H2,1H3;4-5,8,18H,1-3,6-7H2;4H2,1-3H3;/q;;;;+1/p-1. The van der Waals surface area contributed by atoms with Gasteiger partial charge in [0.25, 0.3) is 0 Å². The molecule has 2 spiro atoms. The monoisotopic (exact) mass is 1240 g/mol. The van der Waals surface area contributed by atoms with Gasteiger partial charge >= 0.3 is 59.4 Å². The molecule has 3 aromatic rings. The summed E-state index contributed by atoms with van der Waals surface area (Å²) in [4.78, 5) is 72.6. The number of halogens is 7. The molecule has 0 unspecified atom stereocenters. The molecule has 0 aromatic heterocycles. The van der Waals surface area contributed by atoms with E-state index < -0.39 is 40.7 Å². The van der Waals surface area contributed by atoms with Crippen LogP contribution in [-0.2, 0) is 58.9 Å². The van der Waals surface area contributed by atoms with Crippen LogP contribution in [0.3, 0.4) is 0 Å². The van der Waals surface area contributed by atoms with Crippen LogP contribution < -0.4 is 34.7 Å². The predicted octanol–water partition coefficient (Wildman–Crippen LogP) is 12.8. The van der Waals surface area contributed by atoms with Gasteiger partial charge in [0, 0.05) is 36.6 Å². The van der Waals surface area contributed by atoms with Crippen LogP contribution in [-0.4, -0.2) is 58.5 Å². The number of carbonyl (C=O) groups excluding carboxylic acids is 6. The van der Waals surface area contributed by atoms with E-state index in [0.717, 1.165) is 64.2 Å². The summed E-state index contributed by atoms with van der Waals surface area (Å²) in [7, 11) is 0. The molecule has 0 bridgehead atoms. The van der Waals surface area contributed by atoms with Gasteiger partial charge in [0.1, 0.15) is 11.2 Å². The maximum atomic E-state index is 12.8. The molecule has 3 aliphatic carbocycles. The maximum Gasteiger partial charge on any atom is 1.00 e. The van der Waals surface area contributed by atoms with Gasteiger partial charge in [-0.1, -0.05) is 154 Å². The molecule has 20 heteroatoms. The number of ether oxygens (including phenoxy) is 5. The van der Waals surface area contributed by atoms with Crippen molar-refractivity contribution in [2.24, 2.45) is 10.8 Å². The zero-order valence-corrected chi connectivity index (χ0v) is 53.5. The van der Waals surface area contributed by atoms with Crippen LogP contribution in [0.5, 0.6) is 0 Å². The van der Waals surface area contributed by atoms with E-state index in [1.54, 1.807) is 55.5 Å². The average molecular weight is 1240 g/mol. The zero-order chi connectivity index (χ0) is 57.8. The van der Waals surface area contributed by atoms with Gasteiger partial charge in [-0.3, -0.25) is 14.4 Å². The smallest absolute Gasteiger partial charge is 0.872 e. The number of hydrogen-bond donors (Lipinski definition) is 0. The second-order valence-corrected chi connectivity index (χ2v) is 24.8. The molecule has 426 valence electrons. The summed E-state index contributed by atoms with van der Waals surface area (Å²) in [6, 6.07) is 14.6. The Morgan fingerprint density at radius 3 is 1.49 bits per heavy atom. The minimum absolute atomic E-state index is 0. The van der Waals surface area contributed by atoms with Crippen LogP contribution in [0.15, 0.2) is 66.1 Å². The summed E-state index contributed by atoms with van der Waals surface area (Å²) in [5.41, 5.74) is -1.72. The topological polar surface area (TPSA) is 172 Å². The van der Waals surface area contributed by atoms with Crippen molar-refractivity contribution in [1.82, 2.24) is 0 Å². The number of benzene rings is 3. The third-order valence-electron chi connectivity index (χ3n) is 14.3. The normalized spacial score (nSPS) is 18.1. The van der Waals surface area contributed by atoms with Crippen molar-refractivity contribution >= 4 is 127 Å². The van der Waals surface area contributed by atoms with Crippen LogP contribution in [0.2, 0.25) is 30.1 Å². The Balaban J connectivity index is 0.000000239. The molecule has 12 nitrogen and oxygen atoms in total. The Morgan fingerprint density at radius 2 is 1.05 bits per heavy atom. The van der Waals surface area contributed by atoms with E-state index in [1.807, 2.05) is 41.5 Å². The van der Waals surface area contributed by atoms with Crippen LogP contribution >= 0.6 is 81.2 Å². The molecule has 0 amide bonds. The van der Waals surface area contributed by atoms with Gasteiger partial charge in [0.15, 0.2) is 11.4 Å². The average Bonchev–Trinajstić information content (AvgIpc) is 3.90. The SMILES string of the molecule is CC(C)(C)CC(=O)OC1=C(c2ccc(Cl)cc2Cl)C(=O)OC12CCCCC2.CCC(C)(C)C(=O)Cl.CCOC(=O)C1(OC(=O)Cc2ccc(Cl)cc2Cl)CCCCC1.O=C1OC2(CCCCC2)C([O-])=C1c1ccc(Cl)cc1Cl.[Na+]. The minimum atomic E-state index is -1.15. The van der Waals surface area contributed by atoms with Crippen molar-refractivity contribution in [3.63, 3.8) is 0 Å². The Labute approximate surface area is 521 Å². The summed E-state index contributed by atoms with van der Waals surface area (Å²) < 4.78 is 27.7. The quantitative estimate of drug-likeness (QED) is 0.0771. The van der Waals surface area contributed by atoms with E-state index in [0.29, 0.717) is 91.1 Å². The summed E-state index contributed by atoms with van der Waals surface area (Å²) in [6.07, 6.45) is 13.0. The molecule has 0 atom stereocenters. The first-order valence-electron chi connectivity index (χ1n) is 26.4. The molecule has 79 heavy (non-hydrogen) atoms. The molecule has 3 aromatic carbocycles. The second kappa shape index (κ2) is 30.0. The summed E-state index contributed by atoms with van der Waals surface area (Å²) in [5, 5.41) is 14.9. The summed E-state index contributed by atoms with van der Waals surface area (Å²) in [6.45, 7) is 13.5. The maximum absolute atomic E-state index is 12.8. The van der Waals surface area contributed by atoms with Gasteiger partial charge in [0.05, 0.1) is 35.1 Å². The van der Waals surface area contributed by atoms with E-state index in [-0.39, 0.29) is 88.0 Å². The van der Waals surface area contributed by atoms with Gasteiger partial charge in [0.2, 0.25) is 10.8 Å². The molecular weight excluding hydrogens is 1170 g/mol. The van der Waals surface area contributed by atoms with Crippen molar-refractivity contribution < 1.29 is 87.1 Å². The number of hydrogen-bond acceptors (Lipinski definition) is 12. The van der Waals surface area contributed by atoms with Crippen molar-refractivity contribution in [1.29, 1.82) is 0 Å². The number of rotatable bonds is 11. The van der Waals surface area contributed by atoms with Crippen molar-refractivity contribution in [2.45, 2.75) is 181 Å². The van der Waals surface area contributed by atoms with Crippen LogP contribution in [0, 0.1) is 10.8 Å². The van der Waals surface area contributed by atoms with Gasteiger partial charge < -0.3 is 28.8 Å². The van der Waals surface area contributed by atoms with E-state index in [9.17, 15) is 33.9 Å². The molecule has 2 aliphatic heterocycles. The van der Waals surface area contributed by atoms with Gasteiger partial charge in [-0.25, -0.2) is 14.4 Å². The van der Waals surface area contributed by atoms with E-state index >= 15 is 0 Å². The largest absolute Gasteiger partial charge is 1.00 e. The molecule has 0 N–H and O–H groups in total. The molecule has 8 rings (SSSR count). The fraction of sp³-hybridized carbons (Fsp3) is 0.525. The van der Waals surface area contributed by atoms with Crippen LogP contribution in [0.1, 0.15) is 174 Å². The molecule has 5 aliphatic rings. The van der Waals surface area contributed by atoms with Crippen molar-refractivity contribution in [2.75, 3.05) is 6.61 Å². The molecule has 3 saturated carbocycles. The first-order valence-corrected chi connectivity index (χ1v) is 29.0.